The first kappa shape index (κ1) is 15.2. The maximum absolute atomic E-state index is 12.9. The molecule has 0 aliphatic carbocycles. The molecule has 0 spiro atoms. The molecule has 21 heavy (non-hydrogen) atoms. The van der Waals surface area contributed by atoms with Gasteiger partial charge in [-0.1, -0.05) is 11.6 Å². The molecule has 4 nitrogen and oxygen atoms in total. The highest BCUT2D eigenvalue weighted by Gasteiger charge is 2.33. The van der Waals surface area contributed by atoms with Crippen LogP contribution in [0.3, 0.4) is 0 Å². The number of aromatic carboxylic acids is 1. The van der Waals surface area contributed by atoms with E-state index in [2.05, 4.69) is 5.32 Å². The predicted octanol–water partition coefficient (Wildman–Crippen LogP) is 4.26. The van der Waals surface area contributed by atoms with Crippen molar-refractivity contribution >= 4 is 23.3 Å². The Morgan fingerprint density at radius 2 is 2.05 bits per heavy atom. The molecule has 0 atom stereocenters. The van der Waals surface area contributed by atoms with Crippen LogP contribution in [0.5, 0.6) is 0 Å². The van der Waals surface area contributed by atoms with Gasteiger partial charge in [0.15, 0.2) is 0 Å². The number of carbonyl (C=O) groups is 1. The molecule has 0 fully saturated rings. The zero-order chi connectivity index (χ0) is 15.6. The van der Waals surface area contributed by atoms with Gasteiger partial charge < -0.3 is 14.8 Å². The summed E-state index contributed by atoms with van der Waals surface area (Å²) in [5.74, 6) is -1.18. The number of carboxylic acid groups (broad SMARTS) is 1. The fourth-order valence-electron chi connectivity index (χ4n) is 1.75. The Bertz CT molecular complexity index is 667. The zero-order valence-corrected chi connectivity index (χ0v) is 11.1. The van der Waals surface area contributed by atoms with Gasteiger partial charge in [-0.15, -0.1) is 0 Å². The monoisotopic (exact) mass is 319 g/mol. The Kier molecular flexibility index (Phi) is 4.13. The number of nitrogens with one attached hydrogen (secondary N) is 1. The number of hydrogen-bond donors (Lipinski definition) is 2. The van der Waals surface area contributed by atoms with Crippen LogP contribution in [-0.4, -0.2) is 11.1 Å². The Morgan fingerprint density at radius 3 is 2.67 bits per heavy atom. The van der Waals surface area contributed by atoms with Crippen LogP contribution in [0, 0.1) is 0 Å². The van der Waals surface area contributed by atoms with Crippen molar-refractivity contribution in [3.8, 4) is 0 Å². The van der Waals surface area contributed by atoms with E-state index in [4.69, 9.17) is 21.1 Å². The highest BCUT2D eigenvalue weighted by Crippen LogP contribution is 2.36. The van der Waals surface area contributed by atoms with Crippen LogP contribution in [0.2, 0.25) is 5.02 Å². The van der Waals surface area contributed by atoms with E-state index in [0.717, 1.165) is 12.3 Å². The van der Waals surface area contributed by atoms with E-state index in [0.29, 0.717) is 0 Å². The highest BCUT2D eigenvalue weighted by atomic mass is 35.5. The van der Waals surface area contributed by atoms with Gasteiger partial charge in [0.2, 0.25) is 0 Å². The van der Waals surface area contributed by atoms with Crippen molar-refractivity contribution in [3.63, 3.8) is 0 Å². The molecule has 8 heteroatoms. The van der Waals surface area contributed by atoms with Crippen molar-refractivity contribution in [2.75, 3.05) is 5.32 Å². The fourth-order valence-corrected chi connectivity index (χ4v) is 1.92. The summed E-state index contributed by atoms with van der Waals surface area (Å²) in [7, 11) is 0. The smallest absolute Gasteiger partial charge is 0.418 e. The number of alkyl halides is 3. The van der Waals surface area contributed by atoms with E-state index in [1.165, 1.54) is 18.2 Å². The minimum Gasteiger partial charge on any atom is -0.478 e. The van der Waals surface area contributed by atoms with Gasteiger partial charge in [-0.2, -0.15) is 13.2 Å². The van der Waals surface area contributed by atoms with Crippen molar-refractivity contribution in [2.24, 2.45) is 0 Å². The average Bonchev–Trinajstić information content (AvgIpc) is 2.84. The highest BCUT2D eigenvalue weighted by molar-refractivity contribution is 6.30. The number of carboxylic acids is 1. The van der Waals surface area contributed by atoms with E-state index in [1.54, 1.807) is 0 Å². The molecule has 0 aliphatic rings. The summed E-state index contributed by atoms with van der Waals surface area (Å²) in [6.07, 6.45) is -3.42. The molecule has 2 aromatic rings. The lowest BCUT2D eigenvalue weighted by atomic mass is 10.1. The number of anilines is 1. The van der Waals surface area contributed by atoms with Gasteiger partial charge in [-0.25, -0.2) is 4.79 Å². The molecule has 0 unspecified atom stereocenters. The molecule has 0 aliphatic heterocycles. The Balaban J connectivity index is 2.24. The summed E-state index contributed by atoms with van der Waals surface area (Å²) in [4.78, 5) is 10.9. The number of halogens is 4. The van der Waals surface area contributed by atoms with Crippen LogP contribution in [-0.2, 0) is 12.7 Å². The Morgan fingerprint density at radius 1 is 1.33 bits per heavy atom. The summed E-state index contributed by atoms with van der Waals surface area (Å²) in [5.41, 5.74) is -1.25. The molecular weight excluding hydrogens is 311 g/mol. The third-order valence-electron chi connectivity index (χ3n) is 2.70. The van der Waals surface area contributed by atoms with Crippen molar-refractivity contribution in [3.05, 3.63) is 52.4 Å². The minimum absolute atomic E-state index is 0.0329. The first-order valence-corrected chi connectivity index (χ1v) is 6.07. The van der Waals surface area contributed by atoms with Crippen LogP contribution in [0.4, 0.5) is 18.9 Å². The molecule has 0 radical (unpaired) electrons. The van der Waals surface area contributed by atoms with E-state index in [1.807, 2.05) is 0 Å². The molecule has 1 aromatic heterocycles. The number of hydrogen-bond acceptors (Lipinski definition) is 3. The van der Waals surface area contributed by atoms with Gasteiger partial charge >= 0.3 is 12.1 Å². The Labute approximate surface area is 122 Å². The summed E-state index contributed by atoms with van der Waals surface area (Å²) in [6, 6.07) is 4.50. The first-order chi connectivity index (χ1) is 9.79. The SMILES string of the molecule is O=C(O)c1ccoc1CNc1ccc(Cl)cc1C(F)(F)F. The van der Waals surface area contributed by atoms with E-state index < -0.39 is 17.7 Å². The van der Waals surface area contributed by atoms with Gasteiger partial charge in [0, 0.05) is 10.7 Å². The van der Waals surface area contributed by atoms with Crippen molar-refractivity contribution in [2.45, 2.75) is 12.7 Å². The second-order valence-electron chi connectivity index (χ2n) is 4.10. The van der Waals surface area contributed by atoms with E-state index in [9.17, 15) is 18.0 Å². The quantitative estimate of drug-likeness (QED) is 0.883. The summed E-state index contributed by atoms with van der Waals surface area (Å²) in [5, 5.41) is 11.4. The lowest BCUT2D eigenvalue weighted by Gasteiger charge is -2.14. The van der Waals surface area contributed by atoms with Crippen LogP contribution in [0.15, 0.2) is 34.9 Å². The number of furan rings is 1. The van der Waals surface area contributed by atoms with Crippen LogP contribution in [0.1, 0.15) is 21.7 Å². The van der Waals surface area contributed by atoms with Crippen molar-refractivity contribution in [1.29, 1.82) is 0 Å². The molecule has 0 saturated heterocycles. The fraction of sp³-hybridized carbons (Fsp3) is 0.154. The van der Waals surface area contributed by atoms with Crippen molar-refractivity contribution in [1.82, 2.24) is 0 Å². The molecular formula is C13H9ClF3NO3. The maximum Gasteiger partial charge on any atom is 0.418 e. The van der Waals surface area contributed by atoms with Gasteiger partial charge in [0.1, 0.15) is 11.3 Å². The molecule has 0 saturated carbocycles. The lowest BCUT2D eigenvalue weighted by molar-refractivity contribution is -0.137. The first-order valence-electron chi connectivity index (χ1n) is 5.69. The Hall–Kier alpha value is -2.15. The standard InChI is InChI=1S/C13H9ClF3NO3/c14-7-1-2-10(9(5-7)13(15,16)17)18-6-11-8(12(19)20)3-4-21-11/h1-5,18H,6H2,(H,19,20). The van der Waals surface area contributed by atoms with Crippen molar-refractivity contribution < 1.29 is 27.5 Å². The van der Waals surface area contributed by atoms with Gasteiger partial charge in [-0.3, -0.25) is 0 Å². The van der Waals surface area contributed by atoms with Crippen LogP contribution >= 0.6 is 11.6 Å². The third-order valence-corrected chi connectivity index (χ3v) is 2.94. The topological polar surface area (TPSA) is 62.5 Å². The second kappa shape index (κ2) is 5.69. The summed E-state index contributed by atoms with van der Waals surface area (Å²) >= 11 is 5.57. The van der Waals surface area contributed by atoms with Gasteiger partial charge in [0.25, 0.3) is 0 Å². The molecule has 1 aromatic carbocycles. The normalized spacial score (nSPS) is 11.4. The lowest BCUT2D eigenvalue weighted by Crippen LogP contribution is -2.11. The predicted molar refractivity (Wildman–Crippen MR) is 69.4 cm³/mol. The summed E-state index contributed by atoms with van der Waals surface area (Å²) in [6.45, 7) is -0.195. The average molecular weight is 320 g/mol. The zero-order valence-electron chi connectivity index (χ0n) is 10.4. The number of benzene rings is 1. The molecule has 2 N–H and O–H groups in total. The second-order valence-corrected chi connectivity index (χ2v) is 4.54. The molecule has 2 rings (SSSR count). The van der Waals surface area contributed by atoms with Crippen LogP contribution < -0.4 is 5.32 Å². The molecule has 1 heterocycles. The molecule has 0 amide bonds. The van der Waals surface area contributed by atoms with Gasteiger partial charge in [0.05, 0.1) is 18.4 Å². The maximum atomic E-state index is 12.9. The van der Waals surface area contributed by atoms with E-state index in [-0.39, 0.29) is 28.6 Å². The number of rotatable bonds is 4. The third kappa shape index (κ3) is 3.49. The largest absolute Gasteiger partial charge is 0.478 e. The summed E-state index contributed by atoms with van der Waals surface area (Å²) < 4.78 is 43.6. The van der Waals surface area contributed by atoms with Gasteiger partial charge in [-0.05, 0) is 24.3 Å². The minimum atomic E-state index is -4.58. The molecule has 112 valence electrons. The van der Waals surface area contributed by atoms with E-state index >= 15 is 0 Å². The molecule has 0 bridgehead atoms. The van der Waals surface area contributed by atoms with Crippen LogP contribution in [0.25, 0.3) is 0 Å².